The number of halogens is 2. The summed E-state index contributed by atoms with van der Waals surface area (Å²) in [4.78, 5) is 24.4. The van der Waals surface area contributed by atoms with Crippen LogP contribution in [0.2, 0.25) is 0 Å². The van der Waals surface area contributed by atoms with E-state index >= 15 is 0 Å². The van der Waals surface area contributed by atoms with Crippen LogP contribution in [0, 0.1) is 11.6 Å². The molecule has 1 N–H and O–H groups in total. The third-order valence-electron chi connectivity index (χ3n) is 3.88. The zero-order chi connectivity index (χ0) is 22.3. The maximum absolute atomic E-state index is 14.2. The van der Waals surface area contributed by atoms with E-state index in [1.165, 1.54) is 12.1 Å². The van der Waals surface area contributed by atoms with Crippen molar-refractivity contribution in [1.29, 1.82) is 0 Å². The van der Waals surface area contributed by atoms with Gasteiger partial charge in [0.15, 0.2) is 11.5 Å². The Hall–Kier alpha value is -3.36. The second-order valence-electron chi connectivity index (χ2n) is 5.86. The van der Waals surface area contributed by atoms with E-state index < -0.39 is 29.1 Å². The maximum Gasteiger partial charge on any atom is 0.340 e. The van der Waals surface area contributed by atoms with Crippen LogP contribution in [0.3, 0.4) is 0 Å². The lowest BCUT2D eigenvalue weighted by atomic mass is 10.1. The number of hydrogen-bond donors (Lipinski definition) is 1. The van der Waals surface area contributed by atoms with Gasteiger partial charge < -0.3 is 24.3 Å². The Morgan fingerprint density at radius 1 is 0.867 bits per heavy atom. The molecule has 30 heavy (non-hydrogen) atoms. The van der Waals surface area contributed by atoms with Crippen molar-refractivity contribution in [3.63, 3.8) is 0 Å². The molecule has 0 aromatic heterocycles. The Morgan fingerprint density at radius 2 is 1.43 bits per heavy atom. The number of hydrogen-bond acceptors (Lipinski definition) is 6. The number of carbonyl (C=O) groups excluding carboxylic acids is 2. The molecule has 0 unspecified atom stereocenters. The number of amides is 1. The Balaban J connectivity index is 2.44. The molecule has 0 saturated carbocycles. The number of benzene rings is 2. The molecule has 0 bridgehead atoms. The Kier molecular flexibility index (Phi) is 7.97. The van der Waals surface area contributed by atoms with Crippen LogP contribution in [0.4, 0.5) is 14.5 Å². The molecule has 0 aliphatic rings. The number of rotatable bonds is 9. The second kappa shape index (κ2) is 10.4. The standard InChI is InChI=1S/C21H23F2NO6/c1-5-28-17-8-12(9-18(29-6-2)19(17)30-7-3)20(25)24-16-10-13(21(26)27-4)14(22)11-15(16)23/h8-11H,5-7H2,1-4H3,(H,24,25). The molecule has 0 heterocycles. The molecule has 2 rings (SSSR count). The molecule has 0 spiro atoms. The van der Waals surface area contributed by atoms with Gasteiger partial charge in [-0.25, -0.2) is 13.6 Å². The lowest BCUT2D eigenvalue weighted by Crippen LogP contribution is -2.15. The molecule has 0 aliphatic heterocycles. The molecule has 162 valence electrons. The number of nitrogens with one attached hydrogen (secondary N) is 1. The summed E-state index contributed by atoms with van der Waals surface area (Å²) in [7, 11) is 1.06. The van der Waals surface area contributed by atoms with Gasteiger partial charge in [-0.15, -0.1) is 0 Å². The highest BCUT2D eigenvalue weighted by molar-refractivity contribution is 6.05. The van der Waals surface area contributed by atoms with Crippen LogP contribution in [0.15, 0.2) is 24.3 Å². The summed E-state index contributed by atoms with van der Waals surface area (Å²) in [6.45, 7) is 6.30. The number of anilines is 1. The quantitative estimate of drug-likeness (QED) is 0.609. The third-order valence-corrected chi connectivity index (χ3v) is 3.88. The van der Waals surface area contributed by atoms with Crippen molar-refractivity contribution in [2.75, 3.05) is 32.2 Å². The summed E-state index contributed by atoms with van der Waals surface area (Å²) in [5, 5.41) is 2.32. The van der Waals surface area contributed by atoms with E-state index in [9.17, 15) is 18.4 Å². The molecule has 0 fully saturated rings. The smallest absolute Gasteiger partial charge is 0.340 e. The van der Waals surface area contributed by atoms with E-state index in [0.29, 0.717) is 31.6 Å². The van der Waals surface area contributed by atoms with Gasteiger partial charge in [-0.2, -0.15) is 0 Å². The molecule has 7 nitrogen and oxygen atoms in total. The van der Waals surface area contributed by atoms with Gasteiger partial charge in [0.25, 0.3) is 5.91 Å². The fraction of sp³-hybridized carbons (Fsp3) is 0.333. The molecule has 2 aromatic carbocycles. The predicted octanol–water partition coefficient (Wildman–Crippen LogP) is 4.20. The lowest BCUT2D eigenvalue weighted by Gasteiger charge is -2.17. The zero-order valence-corrected chi connectivity index (χ0v) is 17.1. The van der Waals surface area contributed by atoms with Crippen LogP contribution >= 0.6 is 0 Å². The molecule has 0 saturated heterocycles. The number of carbonyl (C=O) groups is 2. The maximum atomic E-state index is 14.2. The van der Waals surface area contributed by atoms with Gasteiger partial charge in [-0.05, 0) is 39.0 Å². The number of methoxy groups -OCH3 is 1. The highest BCUT2D eigenvalue weighted by atomic mass is 19.1. The highest BCUT2D eigenvalue weighted by Crippen LogP contribution is 2.39. The minimum absolute atomic E-state index is 0.0914. The van der Waals surface area contributed by atoms with E-state index in [1.807, 2.05) is 0 Å². The molecule has 1 amide bonds. The Morgan fingerprint density at radius 3 is 1.93 bits per heavy atom. The van der Waals surface area contributed by atoms with Gasteiger partial charge in [-0.1, -0.05) is 0 Å². The predicted molar refractivity (Wildman–Crippen MR) is 106 cm³/mol. The fourth-order valence-electron chi connectivity index (χ4n) is 2.63. The molecular weight excluding hydrogens is 400 g/mol. The van der Waals surface area contributed by atoms with Gasteiger partial charge in [0.05, 0.1) is 38.2 Å². The van der Waals surface area contributed by atoms with Crippen LogP contribution in [0.1, 0.15) is 41.5 Å². The van der Waals surface area contributed by atoms with Crippen LogP contribution < -0.4 is 19.5 Å². The first-order valence-electron chi connectivity index (χ1n) is 9.31. The Bertz CT molecular complexity index is 905. The van der Waals surface area contributed by atoms with E-state index in [-0.39, 0.29) is 22.7 Å². The lowest BCUT2D eigenvalue weighted by molar-refractivity contribution is 0.0595. The molecule has 0 aliphatic carbocycles. The van der Waals surface area contributed by atoms with Crippen molar-refractivity contribution >= 4 is 17.6 Å². The van der Waals surface area contributed by atoms with Crippen molar-refractivity contribution in [2.24, 2.45) is 0 Å². The van der Waals surface area contributed by atoms with E-state index in [4.69, 9.17) is 14.2 Å². The molecule has 9 heteroatoms. The first kappa shape index (κ1) is 22.9. The van der Waals surface area contributed by atoms with Crippen LogP contribution in [-0.2, 0) is 4.74 Å². The number of esters is 1. The minimum Gasteiger partial charge on any atom is -0.490 e. The SMILES string of the molecule is CCOc1cc(C(=O)Nc2cc(C(=O)OC)c(F)cc2F)cc(OCC)c1OCC. The third kappa shape index (κ3) is 5.16. The summed E-state index contributed by atoms with van der Waals surface area (Å²) in [6, 6.07) is 4.22. The van der Waals surface area contributed by atoms with Crippen molar-refractivity contribution in [2.45, 2.75) is 20.8 Å². The highest BCUT2D eigenvalue weighted by Gasteiger charge is 2.21. The summed E-state index contributed by atoms with van der Waals surface area (Å²) < 4.78 is 49.1. The van der Waals surface area contributed by atoms with Crippen molar-refractivity contribution in [3.05, 3.63) is 47.0 Å². The van der Waals surface area contributed by atoms with Crippen LogP contribution in [-0.4, -0.2) is 38.8 Å². The second-order valence-corrected chi connectivity index (χ2v) is 5.86. The number of ether oxygens (including phenoxy) is 4. The first-order chi connectivity index (χ1) is 14.4. The normalized spacial score (nSPS) is 10.3. The average Bonchev–Trinajstić information content (AvgIpc) is 2.71. The topological polar surface area (TPSA) is 83.1 Å². The van der Waals surface area contributed by atoms with Gasteiger partial charge in [0.2, 0.25) is 5.75 Å². The summed E-state index contributed by atoms with van der Waals surface area (Å²) in [5.41, 5.74) is -0.800. The fourth-order valence-corrected chi connectivity index (χ4v) is 2.63. The van der Waals surface area contributed by atoms with Gasteiger partial charge in [-0.3, -0.25) is 4.79 Å². The van der Waals surface area contributed by atoms with Gasteiger partial charge in [0.1, 0.15) is 11.6 Å². The minimum atomic E-state index is -1.10. The zero-order valence-electron chi connectivity index (χ0n) is 17.1. The van der Waals surface area contributed by atoms with Gasteiger partial charge in [0, 0.05) is 11.6 Å². The first-order valence-corrected chi connectivity index (χ1v) is 9.31. The van der Waals surface area contributed by atoms with Crippen molar-refractivity contribution < 1.29 is 37.3 Å². The van der Waals surface area contributed by atoms with Crippen molar-refractivity contribution in [3.8, 4) is 17.2 Å². The molecular formula is C21H23F2NO6. The largest absolute Gasteiger partial charge is 0.490 e. The van der Waals surface area contributed by atoms with Crippen LogP contribution in [0.25, 0.3) is 0 Å². The van der Waals surface area contributed by atoms with Crippen molar-refractivity contribution in [1.82, 2.24) is 0 Å². The summed E-state index contributed by atoms with van der Waals surface area (Å²) >= 11 is 0. The summed E-state index contributed by atoms with van der Waals surface area (Å²) in [5.74, 6) is -2.96. The van der Waals surface area contributed by atoms with E-state index in [0.717, 1.165) is 13.2 Å². The Labute approximate surface area is 172 Å². The summed E-state index contributed by atoms with van der Waals surface area (Å²) in [6.07, 6.45) is 0. The molecule has 0 radical (unpaired) electrons. The molecule has 0 atom stereocenters. The monoisotopic (exact) mass is 423 g/mol. The molecule has 2 aromatic rings. The van der Waals surface area contributed by atoms with E-state index in [1.54, 1.807) is 20.8 Å². The van der Waals surface area contributed by atoms with E-state index in [2.05, 4.69) is 10.1 Å². The van der Waals surface area contributed by atoms with Gasteiger partial charge >= 0.3 is 5.97 Å². The van der Waals surface area contributed by atoms with Crippen LogP contribution in [0.5, 0.6) is 17.2 Å². The average molecular weight is 423 g/mol.